The smallest absolute Gasteiger partial charge is 0.330 e. The quantitative estimate of drug-likeness (QED) is 0.365. The molecule has 56 valence electrons. The average molecular weight is 142 g/mol. The minimum absolute atomic E-state index is 0.0905. The van der Waals surface area contributed by atoms with Crippen molar-refractivity contribution in [3.05, 3.63) is 24.5 Å². The molecule has 0 bridgehead atoms. The highest BCUT2D eigenvalue weighted by Crippen LogP contribution is 1.85. The molecule has 0 aromatic rings. The van der Waals surface area contributed by atoms with Crippen LogP contribution in [0.1, 0.15) is 6.92 Å². The first-order valence-corrected chi connectivity index (χ1v) is 2.81. The van der Waals surface area contributed by atoms with E-state index in [-0.39, 0.29) is 12.4 Å². The predicted molar refractivity (Wildman–Crippen MR) is 37.5 cm³/mol. The third-order valence-corrected chi connectivity index (χ3v) is 0.771. The number of hydrogen-bond acceptors (Lipinski definition) is 3. The molecule has 10 heavy (non-hydrogen) atoms. The van der Waals surface area contributed by atoms with Crippen molar-refractivity contribution >= 4 is 5.97 Å². The van der Waals surface area contributed by atoms with E-state index in [1.807, 2.05) is 0 Å². The fraction of sp³-hybridized carbons (Fsp3) is 0.286. The van der Waals surface area contributed by atoms with Crippen molar-refractivity contribution in [3.63, 3.8) is 0 Å². The van der Waals surface area contributed by atoms with Crippen LogP contribution < -0.4 is 0 Å². The molecule has 0 aliphatic carbocycles. The summed E-state index contributed by atoms with van der Waals surface area (Å²) in [6.45, 7) is 4.79. The van der Waals surface area contributed by atoms with Crippen molar-refractivity contribution in [1.29, 1.82) is 0 Å². The molecular formula is C7H10O3. The second kappa shape index (κ2) is 4.61. The third kappa shape index (κ3) is 4.90. The van der Waals surface area contributed by atoms with Crippen LogP contribution in [0.2, 0.25) is 0 Å². The molecule has 0 spiro atoms. The van der Waals surface area contributed by atoms with Crippen LogP contribution in [0.4, 0.5) is 0 Å². The zero-order valence-corrected chi connectivity index (χ0v) is 5.83. The molecule has 0 rings (SSSR count). The SMILES string of the molecule is C=CC(=O)OCC=C(C)O. The molecule has 0 saturated carbocycles. The summed E-state index contributed by atoms with van der Waals surface area (Å²) in [4.78, 5) is 10.3. The summed E-state index contributed by atoms with van der Waals surface area (Å²) in [7, 11) is 0. The average Bonchev–Trinajstić information content (AvgIpc) is 1.87. The van der Waals surface area contributed by atoms with Gasteiger partial charge in [0.1, 0.15) is 6.61 Å². The summed E-state index contributed by atoms with van der Waals surface area (Å²) < 4.78 is 4.51. The van der Waals surface area contributed by atoms with Crippen LogP contribution in [0.25, 0.3) is 0 Å². The second-order valence-electron chi connectivity index (χ2n) is 1.68. The van der Waals surface area contributed by atoms with Gasteiger partial charge in [0.25, 0.3) is 0 Å². The monoisotopic (exact) mass is 142 g/mol. The first-order chi connectivity index (χ1) is 4.66. The van der Waals surface area contributed by atoms with Gasteiger partial charge in [-0.2, -0.15) is 0 Å². The molecule has 3 heteroatoms. The lowest BCUT2D eigenvalue weighted by atomic mass is 10.5. The van der Waals surface area contributed by atoms with Crippen LogP contribution in [0.3, 0.4) is 0 Å². The Morgan fingerprint density at radius 3 is 2.80 bits per heavy atom. The van der Waals surface area contributed by atoms with Crippen LogP contribution in [0.5, 0.6) is 0 Å². The lowest BCUT2D eigenvalue weighted by Gasteiger charge is -1.94. The van der Waals surface area contributed by atoms with Crippen molar-refractivity contribution < 1.29 is 14.6 Å². The summed E-state index contributed by atoms with van der Waals surface area (Å²) in [5.74, 6) is -0.352. The van der Waals surface area contributed by atoms with Crippen LogP contribution in [0, 0.1) is 0 Å². The Morgan fingerprint density at radius 2 is 2.40 bits per heavy atom. The molecule has 0 saturated heterocycles. The minimum Gasteiger partial charge on any atom is -0.513 e. The zero-order valence-electron chi connectivity index (χ0n) is 5.83. The molecule has 0 heterocycles. The Labute approximate surface area is 59.6 Å². The topological polar surface area (TPSA) is 46.5 Å². The van der Waals surface area contributed by atoms with E-state index in [2.05, 4.69) is 11.3 Å². The fourth-order valence-electron chi connectivity index (χ4n) is 0.303. The van der Waals surface area contributed by atoms with Crippen LogP contribution >= 0.6 is 0 Å². The molecule has 1 N–H and O–H groups in total. The number of esters is 1. The standard InChI is InChI=1S/C7H10O3/c1-3-7(9)10-5-4-6(2)8/h3-4,8H,1,5H2,2H3. The lowest BCUT2D eigenvalue weighted by molar-refractivity contribution is -0.136. The van der Waals surface area contributed by atoms with E-state index in [4.69, 9.17) is 5.11 Å². The maximum Gasteiger partial charge on any atom is 0.330 e. The Bertz CT molecular complexity index is 154. The number of aliphatic hydroxyl groups is 1. The van der Waals surface area contributed by atoms with Crippen molar-refractivity contribution in [2.75, 3.05) is 6.61 Å². The van der Waals surface area contributed by atoms with Crippen LogP contribution in [-0.4, -0.2) is 17.7 Å². The third-order valence-electron chi connectivity index (χ3n) is 0.771. The minimum atomic E-state index is -0.488. The van der Waals surface area contributed by atoms with E-state index in [1.54, 1.807) is 0 Å². The molecule has 0 atom stereocenters. The Morgan fingerprint density at radius 1 is 1.80 bits per heavy atom. The molecule has 0 radical (unpaired) electrons. The Balaban J connectivity index is 3.46. The van der Waals surface area contributed by atoms with Crippen molar-refractivity contribution in [2.24, 2.45) is 0 Å². The summed E-state index contributed by atoms with van der Waals surface area (Å²) in [6.07, 6.45) is 2.46. The molecule has 0 aromatic carbocycles. The normalized spacial score (nSPS) is 10.7. The van der Waals surface area contributed by atoms with E-state index in [0.29, 0.717) is 0 Å². The maximum atomic E-state index is 10.3. The number of hydrogen-bond donors (Lipinski definition) is 1. The molecule has 0 unspecified atom stereocenters. The molecule has 3 nitrogen and oxygen atoms in total. The van der Waals surface area contributed by atoms with Gasteiger partial charge in [0.2, 0.25) is 0 Å². The van der Waals surface area contributed by atoms with Gasteiger partial charge in [0, 0.05) is 6.08 Å². The summed E-state index contributed by atoms with van der Waals surface area (Å²) in [5.41, 5.74) is 0. The number of carbonyl (C=O) groups is 1. The van der Waals surface area contributed by atoms with E-state index in [1.165, 1.54) is 13.0 Å². The van der Waals surface area contributed by atoms with Gasteiger partial charge in [-0.3, -0.25) is 0 Å². The van der Waals surface area contributed by atoms with Gasteiger partial charge in [-0.1, -0.05) is 6.58 Å². The molecule has 0 fully saturated rings. The van der Waals surface area contributed by atoms with Crippen LogP contribution in [0.15, 0.2) is 24.5 Å². The van der Waals surface area contributed by atoms with Crippen LogP contribution in [-0.2, 0) is 9.53 Å². The number of ether oxygens (including phenoxy) is 1. The van der Waals surface area contributed by atoms with Gasteiger partial charge in [0.15, 0.2) is 0 Å². The van der Waals surface area contributed by atoms with Crippen molar-refractivity contribution in [2.45, 2.75) is 6.92 Å². The highest BCUT2D eigenvalue weighted by Gasteiger charge is 1.90. The fourth-order valence-corrected chi connectivity index (χ4v) is 0.303. The molecular weight excluding hydrogens is 132 g/mol. The largest absolute Gasteiger partial charge is 0.513 e. The predicted octanol–water partition coefficient (Wildman–Crippen LogP) is 1.18. The van der Waals surface area contributed by atoms with Gasteiger partial charge < -0.3 is 9.84 Å². The van der Waals surface area contributed by atoms with E-state index >= 15 is 0 Å². The summed E-state index contributed by atoms with van der Waals surface area (Å²) in [6, 6.07) is 0. The highest BCUT2D eigenvalue weighted by molar-refractivity contribution is 5.81. The van der Waals surface area contributed by atoms with Crippen molar-refractivity contribution in [3.8, 4) is 0 Å². The number of carbonyl (C=O) groups excluding carboxylic acids is 1. The van der Waals surface area contributed by atoms with Gasteiger partial charge in [0.05, 0.1) is 5.76 Å². The highest BCUT2D eigenvalue weighted by atomic mass is 16.5. The summed E-state index contributed by atoms with van der Waals surface area (Å²) in [5, 5.41) is 8.58. The maximum absolute atomic E-state index is 10.3. The summed E-state index contributed by atoms with van der Waals surface area (Å²) >= 11 is 0. The molecule has 0 amide bonds. The number of rotatable bonds is 3. The molecule has 0 aliphatic heterocycles. The first-order valence-electron chi connectivity index (χ1n) is 2.81. The van der Waals surface area contributed by atoms with Gasteiger partial charge in [-0.05, 0) is 13.0 Å². The lowest BCUT2D eigenvalue weighted by Crippen LogP contribution is -1.99. The van der Waals surface area contributed by atoms with Gasteiger partial charge in [-0.15, -0.1) is 0 Å². The van der Waals surface area contributed by atoms with E-state index < -0.39 is 5.97 Å². The Kier molecular flexibility index (Phi) is 4.04. The van der Waals surface area contributed by atoms with Crippen molar-refractivity contribution in [1.82, 2.24) is 0 Å². The molecule has 0 aromatic heterocycles. The number of aliphatic hydroxyl groups excluding tert-OH is 1. The van der Waals surface area contributed by atoms with Gasteiger partial charge in [-0.25, -0.2) is 4.79 Å². The zero-order chi connectivity index (χ0) is 7.98. The number of allylic oxidation sites excluding steroid dienone is 1. The Hall–Kier alpha value is -1.25. The van der Waals surface area contributed by atoms with E-state index in [0.717, 1.165) is 6.08 Å². The first kappa shape index (κ1) is 8.75. The van der Waals surface area contributed by atoms with Gasteiger partial charge >= 0.3 is 5.97 Å². The second-order valence-corrected chi connectivity index (χ2v) is 1.68. The van der Waals surface area contributed by atoms with E-state index in [9.17, 15) is 4.79 Å². The molecule has 0 aliphatic rings.